The summed E-state index contributed by atoms with van der Waals surface area (Å²) in [6.07, 6.45) is 1.37. The number of ether oxygens (including phenoxy) is 1. The molecule has 1 aromatic rings. The second-order valence-corrected chi connectivity index (χ2v) is 3.89. The first-order valence-electron chi connectivity index (χ1n) is 5.93. The predicted octanol–water partition coefficient (Wildman–Crippen LogP) is 1.44. The van der Waals surface area contributed by atoms with E-state index in [9.17, 15) is 4.79 Å². The maximum absolute atomic E-state index is 10.6. The molecule has 0 fully saturated rings. The third-order valence-corrected chi connectivity index (χ3v) is 2.27. The number of primary amides is 1. The van der Waals surface area contributed by atoms with Gasteiger partial charge in [0, 0.05) is 6.54 Å². The lowest BCUT2D eigenvalue weighted by Gasteiger charge is -2.07. The van der Waals surface area contributed by atoms with Gasteiger partial charge in [0.25, 0.3) is 0 Å². The molecule has 94 valence electrons. The molecule has 0 unspecified atom stereocenters. The first-order chi connectivity index (χ1) is 8.22. The van der Waals surface area contributed by atoms with E-state index < -0.39 is 0 Å². The topological polar surface area (TPSA) is 64.3 Å². The third kappa shape index (κ3) is 5.92. The van der Waals surface area contributed by atoms with Crippen LogP contribution in [0, 0.1) is 0 Å². The lowest BCUT2D eigenvalue weighted by molar-refractivity contribution is -0.118. The van der Waals surface area contributed by atoms with Crippen molar-refractivity contribution in [3.63, 3.8) is 0 Å². The van der Waals surface area contributed by atoms with Crippen LogP contribution in [0.15, 0.2) is 24.3 Å². The number of carbonyl (C=O) groups is 1. The van der Waals surface area contributed by atoms with Crippen molar-refractivity contribution in [2.45, 2.75) is 26.3 Å². The molecule has 0 atom stereocenters. The van der Waals surface area contributed by atoms with E-state index in [0.29, 0.717) is 6.61 Å². The van der Waals surface area contributed by atoms with Crippen LogP contribution in [0.5, 0.6) is 5.75 Å². The average molecular weight is 236 g/mol. The Morgan fingerprint density at radius 1 is 1.47 bits per heavy atom. The van der Waals surface area contributed by atoms with Crippen LogP contribution in [0.4, 0.5) is 0 Å². The number of carbonyl (C=O) groups excluding carboxylic acids is 1. The Balaban J connectivity index is 2.39. The molecule has 0 saturated heterocycles. The van der Waals surface area contributed by atoms with E-state index in [1.54, 1.807) is 0 Å². The average Bonchev–Trinajstić information content (AvgIpc) is 2.29. The Morgan fingerprint density at radius 3 is 3.00 bits per heavy atom. The van der Waals surface area contributed by atoms with Crippen molar-refractivity contribution in [1.82, 2.24) is 5.32 Å². The summed E-state index contributed by atoms with van der Waals surface area (Å²) in [5, 5.41) is 3.32. The number of nitrogens with two attached hydrogens (primary N) is 1. The zero-order valence-electron chi connectivity index (χ0n) is 10.2. The number of amides is 1. The van der Waals surface area contributed by atoms with Gasteiger partial charge in [-0.3, -0.25) is 4.79 Å². The molecule has 0 bridgehead atoms. The van der Waals surface area contributed by atoms with Gasteiger partial charge in [-0.25, -0.2) is 0 Å². The minimum atomic E-state index is -0.342. The van der Waals surface area contributed by atoms with E-state index in [4.69, 9.17) is 10.5 Å². The summed E-state index contributed by atoms with van der Waals surface area (Å²) < 4.78 is 5.44. The zero-order chi connectivity index (χ0) is 12.5. The fourth-order valence-electron chi connectivity index (χ4n) is 1.42. The standard InChI is InChI=1S/C13H20N2O2/c1-2-7-15-10-11-4-3-5-12(9-11)17-8-6-13(14)16/h3-5,9,15H,2,6-8,10H2,1H3,(H2,14,16). The summed E-state index contributed by atoms with van der Waals surface area (Å²) in [7, 11) is 0. The Bertz CT molecular complexity index is 353. The van der Waals surface area contributed by atoms with Crippen LogP contribution in [0.25, 0.3) is 0 Å². The number of rotatable bonds is 8. The molecule has 4 heteroatoms. The van der Waals surface area contributed by atoms with E-state index in [0.717, 1.165) is 25.3 Å². The molecule has 0 aliphatic rings. The largest absolute Gasteiger partial charge is 0.493 e. The number of hydrogen-bond donors (Lipinski definition) is 2. The number of benzene rings is 1. The molecule has 0 heterocycles. The molecular weight excluding hydrogens is 216 g/mol. The molecule has 0 aromatic heterocycles. The monoisotopic (exact) mass is 236 g/mol. The minimum absolute atomic E-state index is 0.248. The van der Waals surface area contributed by atoms with Crippen molar-refractivity contribution in [3.05, 3.63) is 29.8 Å². The highest BCUT2D eigenvalue weighted by molar-refractivity contribution is 5.73. The van der Waals surface area contributed by atoms with Gasteiger partial charge in [0.15, 0.2) is 0 Å². The quantitative estimate of drug-likeness (QED) is 0.671. The Hall–Kier alpha value is -1.55. The maximum atomic E-state index is 10.6. The van der Waals surface area contributed by atoms with Gasteiger partial charge in [0.1, 0.15) is 5.75 Å². The number of nitrogens with one attached hydrogen (secondary N) is 1. The lowest BCUT2D eigenvalue weighted by Crippen LogP contribution is -2.15. The van der Waals surface area contributed by atoms with Crippen molar-refractivity contribution < 1.29 is 9.53 Å². The van der Waals surface area contributed by atoms with Crippen molar-refractivity contribution in [2.75, 3.05) is 13.2 Å². The Kier molecular flexibility index (Phi) is 6.10. The SMILES string of the molecule is CCCNCc1cccc(OCCC(N)=O)c1. The molecule has 4 nitrogen and oxygen atoms in total. The van der Waals surface area contributed by atoms with Gasteiger partial charge in [-0.2, -0.15) is 0 Å². The molecule has 0 radical (unpaired) electrons. The van der Waals surface area contributed by atoms with Crippen molar-refractivity contribution in [1.29, 1.82) is 0 Å². The fourth-order valence-corrected chi connectivity index (χ4v) is 1.42. The van der Waals surface area contributed by atoms with Gasteiger partial charge in [-0.1, -0.05) is 19.1 Å². The summed E-state index contributed by atoms with van der Waals surface area (Å²) in [5.41, 5.74) is 6.21. The summed E-state index contributed by atoms with van der Waals surface area (Å²) in [5.74, 6) is 0.438. The predicted molar refractivity (Wildman–Crippen MR) is 67.7 cm³/mol. The molecule has 3 N–H and O–H groups in total. The van der Waals surface area contributed by atoms with Crippen LogP contribution < -0.4 is 15.8 Å². The summed E-state index contributed by atoms with van der Waals surface area (Å²) in [6, 6.07) is 7.85. The molecule has 0 aliphatic carbocycles. The normalized spacial score (nSPS) is 10.2. The third-order valence-electron chi connectivity index (χ3n) is 2.27. The van der Waals surface area contributed by atoms with Crippen LogP contribution in [0.3, 0.4) is 0 Å². The van der Waals surface area contributed by atoms with Crippen LogP contribution in [0.1, 0.15) is 25.3 Å². The molecule has 0 spiro atoms. The van der Waals surface area contributed by atoms with Gasteiger partial charge >= 0.3 is 0 Å². The van der Waals surface area contributed by atoms with Gasteiger partial charge in [-0.15, -0.1) is 0 Å². The van der Waals surface area contributed by atoms with Crippen LogP contribution >= 0.6 is 0 Å². The first-order valence-corrected chi connectivity index (χ1v) is 5.93. The number of hydrogen-bond acceptors (Lipinski definition) is 3. The highest BCUT2D eigenvalue weighted by Gasteiger charge is 1.98. The molecule has 0 saturated carbocycles. The second kappa shape index (κ2) is 7.68. The second-order valence-electron chi connectivity index (χ2n) is 3.89. The minimum Gasteiger partial charge on any atom is -0.493 e. The Labute approximate surface area is 102 Å². The Morgan fingerprint density at radius 2 is 2.29 bits per heavy atom. The van der Waals surface area contributed by atoms with E-state index in [1.165, 1.54) is 5.56 Å². The zero-order valence-corrected chi connectivity index (χ0v) is 10.2. The maximum Gasteiger partial charge on any atom is 0.220 e. The summed E-state index contributed by atoms with van der Waals surface area (Å²) in [4.78, 5) is 10.6. The van der Waals surface area contributed by atoms with Gasteiger partial charge < -0.3 is 15.8 Å². The summed E-state index contributed by atoms with van der Waals surface area (Å²) in [6.45, 7) is 4.31. The van der Waals surface area contributed by atoms with Crippen molar-refractivity contribution in [3.8, 4) is 5.75 Å². The van der Waals surface area contributed by atoms with Crippen molar-refractivity contribution in [2.24, 2.45) is 5.73 Å². The van der Waals surface area contributed by atoms with E-state index in [-0.39, 0.29) is 12.3 Å². The summed E-state index contributed by atoms with van der Waals surface area (Å²) >= 11 is 0. The van der Waals surface area contributed by atoms with Gasteiger partial charge in [0.05, 0.1) is 13.0 Å². The molecule has 1 rings (SSSR count). The molecule has 1 aromatic carbocycles. The smallest absolute Gasteiger partial charge is 0.220 e. The van der Waals surface area contributed by atoms with Gasteiger partial charge in [-0.05, 0) is 30.7 Å². The fraction of sp³-hybridized carbons (Fsp3) is 0.462. The van der Waals surface area contributed by atoms with Crippen molar-refractivity contribution >= 4 is 5.91 Å². The van der Waals surface area contributed by atoms with Crippen LogP contribution in [-0.2, 0) is 11.3 Å². The lowest BCUT2D eigenvalue weighted by atomic mass is 10.2. The molecule has 1 amide bonds. The highest BCUT2D eigenvalue weighted by atomic mass is 16.5. The first kappa shape index (κ1) is 13.5. The highest BCUT2D eigenvalue weighted by Crippen LogP contribution is 2.13. The molecular formula is C13H20N2O2. The van der Waals surface area contributed by atoms with Crippen LogP contribution in [-0.4, -0.2) is 19.1 Å². The van der Waals surface area contributed by atoms with E-state index in [2.05, 4.69) is 12.2 Å². The van der Waals surface area contributed by atoms with E-state index in [1.807, 2.05) is 24.3 Å². The van der Waals surface area contributed by atoms with Crippen LogP contribution in [0.2, 0.25) is 0 Å². The van der Waals surface area contributed by atoms with Gasteiger partial charge in [0.2, 0.25) is 5.91 Å². The molecule has 0 aliphatic heterocycles. The van der Waals surface area contributed by atoms with E-state index >= 15 is 0 Å². The molecule has 17 heavy (non-hydrogen) atoms.